The fraction of sp³-hybridized carbons (Fsp3) is 0.485. The number of nitrogens with two attached hydrogens (primary N) is 2. The predicted octanol–water partition coefficient (Wildman–Crippen LogP) is -0.606. The van der Waals surface area contributed by atoms with Crippen LogP contribution in [0.4, 0.5) is 11.1 Å². The molecular formula is C33H43N10O10S2+. The van der Waals surface area contributed by atoms with Gasteiger partial charge in [0.1, 0.15) is 23.7 Å². The number of aryl methyl sites for hydroxylation is 2. The molecule has 0 spiro atoms. The molecule has 2 unspecified atom stereocenters. The van der Waals surface area contributed by atoms with E-state index in [0.29, 0.717) is 36.2 Å². The number of amides is 2. The Bertz CT molecular complexity index is 2130. The van der Waals surface area contributed by atoms with Crippen LogP contribution >= 0.6 is 11.3 Å². The number of ether oxygens (including phenoxy) is 1. The molecule has 2 amide bonds. The summed E-state index contributed by atoms with van der Waals surface area (Å²) in [7, 11) is -3.09. The number of oxime groups is 1. The number of aliphatic carboxylic acids is 1. The van der Waals surface area contributed by atoms with Crippen molar-refractivity contribution in [3.63, 3.8) is 0 Å². The van der Waals surface area contributed by atoms with E-state index in [1.165, 1.54) is 26.2 Å². The molecular weight excluding hydrogens is 761 g/mol. The van der Waals surface area contributed by atoms with E-state index < -0.39 is 57.2 Å². The van der Waals surface area contributed by atoms with Crippen LogP contribution in [0.5, 0.6) is 5.75 Å². The maximum Gasteiger partial charge on any atom is 0.418 e. The van der Waals surface area contributed by atoms with Crippen molar-refractivity contribution in [2.45, 2.75) is 56.9 Å². The number of aromatic nitrogens is 3. The van der Waals surface area contributed by atoms with E-state index in [-0.39, 0.29) is 17.2 Å². The van der Waals surface area contributed by atoms with Gasteiger partial charge in [-0.1, -0.05) is 16.2 Å². The molecule has 3 aromatic rings. The van der Waals surface area contributed by atoms with Gasteiger partial charge in [-0.15, -0.1) is 15.6 Å². The lowest BCUT2D eigenvalue weighted by atomic mass is 9.84. The second kappa shape index (κ2) is 15.3. The van der Waals surface area contributed by atoms with Gasteiger partial charge in [-0.2, -0.15) is 13.5 Å². The number of hydrogen-bond acceptors (Lipinski definition) is 16. The average molecular weight is 804 g/mol. The first-order valence-electron chi connectivity index (χ1n) is 17.3. The average Bonchev–Trinajstić information content (AvgIpc) is 3.54. The maximum absolute atomic E-state index is 13.5. The normalized spacial score (nSPS) is 20.7. The Kier molecular flexibility index (Phi) is 11.0. The minimum absolute atomic E-state index is 0.0617. The first-order chi connectivity index (χ1) is 25.9. The van der Waals surface area contributed by atoms with Crippen LogP contribution in [0.25, 0.3) is 11.1 Å². The van der Waals surface area contributed by atoms with Gasteiger partial charge in [-0.05, 0) is 56.9 Å². The second-order valence-corrected chi connectivity index (χ2v) is 16.1. The van der Waals surface area contributed by atoms with E-state index in [0.717, 1.165) is 53.6 Å². The lowest BCUT2D eigenvalue weighted by Gasteiger charge is -2.50. The number of nitrogen functional groups attached to an aromatic ring is 1. The zero-order chi connectivity index (χ0) is 39.9. The number of carbonyl (C=O) groups excluding carboxylic acids is 2. The van der Waals surface area contributed by atoms with Crippen molar-refractivity contribution in [1.29, 1.82) is 0 Å². The number of thiazole rings is 1. The number of anilines is 2. The standard InChI is InChI=1S/C33H42N10O10S2/c1-32(2)26(28(45)43(32)53-55(48,49)50)39-27(44)25(22-17-54-30(35)38-22)40-52-33(3,29(46)47)24-8-6-20-11-19(5-7-23(20)51-24)21-14-37-31(41(4)16-21)42(10-9-34)15-18-12-36-13-18/h5,7,11,14,16-18,24,26,36H,6,8-10,12-13,15,34H2,1-4H3,(H4-,35,38,39,44,46,47,48,49,50)/p+1/b40-25-/t24-,26?,33?/m1/s1. The van der Waals surface area contributed by atoms with E-state index in [1.54, 1.807) is 6.07 Å². The molecule has 296 valence electrons. The summed E-state index contributed by atoms with van der Waals surface area (Å²) in [6.45, 7) is 8.00. The quantitative estimate of drug-likeness (QED) is 0.0368. The number of hydroxylamine groups is 2. The molecule has 20 nitrogen and oxygen atoms in total. The summed E-state index contributed by atoms with van der Waals surface area (Å²) in [5.74, 6) is -1.63. The van der Waals surface area contributed by atoms with Crippen molar-refractivity contribution < 1.29 is 50.9 Å². The molecule has 22 heteroatoms. The highest BCUT2D eigenvalue weighted by molar-refractivity contribution is 7.80. The van der Waals surface area contributed by atoms with Crippen LogP contribution in [-0.2, 0) is 47.4 Å². The summed E-state index contributed by atoms with van der Waals surface area (Å²) in [5.41, 5.74) is 10.2. The molecule has 2 aromatic heterocycles. The summed E-state index contributed by atoms with van der Waals surface area (Å²) in [4.78, 5) is 55.7. The minimum atomic E-state index is -5.04. The molecule has 55 heavy (non-hydrogen) atoms. The first-order valence-corrected chi connectivity index (χ1v) is 19.5. The number of nitrogens with one attached hydrogen (secondary N) is 2. The molecule has 0 bridgehead atoms. The number of hydrogen-bond donors (Lipinski definition) is 6. The number of nitrogens with zero attached hydrogens (tertiary/aromatic N) is 6. The van der Waals surface area contributed by atoms with Gasteiger partial charge >= 0.3 is 22.3 Å². The SMILES string of the molecule is C[n+]1cc(-c2ccc3c(c2)CC[C@H](C(C)(O/N=C(\C(=O)NC2C(=O)N(OS(=O)(=O)O)C2(C)C)c2csc(N)n2)C(=O)O)O3)cnc1N(CCN)CC1CNC1. The van der Waals surface area contributed by atoms with Crippen LogP contribution in [0.3, 0.4) is 0 Å². The van der Waals surface area contributed by atoms with E-state index in [9.17, 15) is 27.9 Å². The number of rotatable bonds is 15. The van der Waals surface area contributed by atoms with Gasteiger partial charge < -0.3 is 36.8 Å². The van der Waals surface area contributed by atoms with Gasteiger partial charge in [0.25, 0.3) is 17.4 Å². The predicted molar refractivity (Wildman–Crippen MR) is 197 cm³/mol. The number of benzene rings is 1. The van der Waals surface area contributed by atoms with Crippen LogP contribution in [0.1, 0.15) is 38.4 Å². The fourth-order valence-corrected chi connectivity index (χ4v) is 7.54. The highest BCUT2D eigenvalue weighted by Crippen LogP contribution is 2.37. The van der Waals surface area contributed by atoms with Gasteiger partial charge in [-0.3, -0.25) is 19.0 Å². The molecule has 0 saturated carbocycles. The van der Waals surface area contributed by atoms with Crippen molar-refractivity contribution in [1.82, 2.24) is 25.7 Å². The zero-order valence-corrected chi connectivity index (χ0v) is 32.1. The Labute approximate surface area is 320 Å². The lowest BCUT2D eigenvalue weighted by molar-refractivity contribution is -0.661. The van der Waals surface area contributed by atoms with E-state index in [4.69, 9.17) is 30.6 Å². The third kappa shape index (κ3) is 8.18. The van der Waals surface area contributed by atoms with Crippen molar-refractivity contribution in [3.05, 3.63) is 47.2 Å². The lowest BCUT2D eigenvalue weighted by Crippen LogP contribution is -2.76. The van der Waals surface area contributed by atoms with Gasteiger partial charge in [0, 0.05) is 36.5 Å². The highest BCUT2D eigenvalue weighted by atomic mass is 32.3. The van der Waals surface area contributed by atoms with Crippen LogP contribution in [0, 0.1) is 5.92 Å². The van der Waals surface area contributed by atoms with Crippen molar-refractivity contribution in [2.24, 2.45) is 23.9 Å². The molecule has 6 rings (SSSR count). The van der Waals surface area contributed by atoms with Crippen LogP contribution in [0.15, 0.2) is 41.1 Å². The minimum Gasteiger partial charge on any atom is -0.485 e. The number of fused-ring (bicyclic) bond motifs is 1. The summed E-state index contributed by atoms with van der Waals surface area (Å²) in [5, 5.41) is 21.9. The molecule has 2 saturated heterocycles. The molecule has 1 aromatic carbocycles. The summed E-state index contributed by atoms with van der Waals surface area (Å²) >= 11 is 0.970. The molecule has 0 radical (unpaired) electrons. The van der Waals surface area contributed by atoms with Gasteiger partial charge in [0.15, 0.2) is 16.9 Å². The molecule has 3 atom stereocenters. The topological polar surface area (TPSA) is 278 Å². The Balaban J connectivity index is 1.19. The zero-order valence-electron chi connectivity index (χ0n) is 30.5. The maximum atomic E-state index is 13.5. The Hall–Kier alpha value is -5.00. The Morgan fingerprint density at radius 3 is 2.64 bits per heavy atom. The third-order valence-corrected chi connectivity index (χ3v) is 10.8. The molecule has 8 N–H and O–H groups in total. The Morgan fingerprint density at radius 2 is 2.05 bits per heavy atom. The molecule has 5 heterocycles. The number of carboxylic acids is 1. The highest BCUT2D eigenvalue weighted by Gasteiger charge is 2.58. The number of carboxylic acid groups (broad SMARTS) is 1. The van der Waals surface area contributed by atoms with Crippen LogP contribution < -0.4 is 36.3 Å². The van der Waals surface area contributed by atoms with Crippen LogP contribution in [-0.4, -0.2) is 113 Å². The third-order valence-electron chi connectivity index (χ3n) is 9.80. The molecule has 2 fully saturated rings. The summed E-state index contributed by atoms with van der Waals surface area (Å²) < 4.78 is 44.0. The molecule has 3 aliphatic heterocycles. The van der Waals surface area contributed by atoms with Crippen molar-refractivity contribution in [3.8, 4) is 16.9 Å². The molecule has 0 aliphatic carbocycles. The second-order valence-electron chi connectivity index (χ2n) is 14.2. The first kappa shape index (κ1) is 39.7. The Morgan fingerprint density at radius 1 is 1.31 bits per heavy atom. The van der Waals surface area contributed by atoms with Crippen LogP contribution in [0.2, 0.25) is 0 Å². The summed E-state index contributed by atoms with van der Waals surface area (Å²) in [6.07, 6.45) is 3.39. The number of carbonyl (C=O) groups is 3. The van der Waals surface area contributed by atoms with Crippen molar-refractivity contribution in [2.75, 3.05) is 43.4 Å². The molecule has 3 aliphatic rings. The van der Waals surface area contributed by atoms with Gasteiger partial charge in [0.2, 0.25) is 0 Å². The van der Waals surface area contributed by atoms with Gasteiger partial charge in [0.05, 0.1) is 31.9 Å². The summed E-state index contributed by atoms with van der Waals surface area (Å²) in [6, 6.07) is 4.24. The number of β-lactam (4-membered cyclic amide) rings is 1. The monoisotopic (exact) mass is 803 g/mol. The van der Waals surface area contributed by atoms with E-state index >= 15 is 0 Å². The van der Waals surface area contributed by atoms with E-state index in [2.05, 4.69) is 30.0 Å². The largest absolute Gasteiger partial charge is 0.485 e. The van der Waals surface area contributed by atoms with Gasteiger partial charge in [-0.25, -0.2) is 14.3 Å². The smallest absolute Gasteiger partial charge is 0.418 e. The fourth-order valence-electron chi connectivity index (χ4n) is 6.54. The van der Waals surface area contributed by atoms with Crippen molar-refractivity contribution >= 4 is 56.3 Å². The van der Waals surface area contributed by atoms with E-state index in [1.807, 2.05) is 36.1 Å².